The zero-order valence-corrected chi connectivity index (χ0v) is 13.9. The van der Waals surface area contributed by atoms with Gasteiger partial charge in [0.25, 0.3) is 0 Å². The number of nitrogens with one attached hydrogen (secondary N) is 1. The molecule has 1 fully saturated rings. The van der Waals surface area contributed by atoms with Gasteiger partial charge in [-0.2, -0.15) is 5.10 Å². The number of piperidine rings is 1. The van der Waals surface area contributed by atoms with E-state index in [1.54, 1.807) is 10.9 Å². The highest BCUT2D eigenvalue weighted by Gasteiger charge is 2.25. The van der Waals surface area contributed by atoms with Gasteiger partial charge in [-0.15, -0.1) is 0 Å². The maximum Gasteiger partial charge on any atom is 0.206 e. The van der Waals surface area contributed by atoms with Crippen LogP contribution in [0.5, 0.6) is 0 Å². The van der Waals surface area contributed by atoms with Gasteiger partial charge >= 0.3 is 0 Å². The average Bonchev–Trinajstić information content (AvgIpc) is 2.96. The molecule has 6 nitrogen and oxygen atoms in total. The van der Waals surface area contributed by atoms with Crippen molar-refractivity contribution in [2.24, 2.45) is 13.0 Å². The highest BCUT2D eigenvalue weighted by molar-refractivity contribution is 5.41. The number of hydrogen-bond donors (Lipinski definition) is 1. The molecule has 0 bridgehead atoms. The summed E-state index contributed by atoms with van der Waals surface area (Å²) in [6, 6.07) is 3.69. The van der Waals surface area contributed by atoms with Crippen molar-refractivity contribution in [3.05, 3.63) is 30.4 Å². The van der Waals surface area contributed by atoms with E-state index in [0.29, 0.717) is 31.3 Å². The number of aryl methyl sites for hydroxylation is 1. The summed E-state index contributed by atoms with van der Waals surface area (Å²) in [4.78, 5) is 10.6. The topological polar surface area (TPSA) is 58.9 Å². The Hall–Kier alpha value is -2.62. The van der Waals surface area contributed by atoms with E-state index in [4.69, 9.17) is 0 Å². The molecule has 0 unspecified atom stereocenters. The molecule has 1 aliphatic heterocycles. The molecule has 3 rings (SSSR count). The number of aromatic nitrogens is 4. The summed E-state index contributed by atoms with van der Waals surface area (Å²) in [5.74, 6) is 8.19. The Labute approximate surface area is 141 Å². The fourth-order valence-corrected chi connectivity index (χ4v) is 2.82. The fourth-order valence-electron chi connectivity index (χ4n) is 2.82. The van der Waals surface area contributed by atoms with E-state index in [2.05, 4.69) is 39.1 Å². The average molecular weight is 328 g/mol. The molecule has 126 valence electrons. The fraction of sp³-hybridized carbons (Fsp3) is 0.471. The Morgan fingerprint density at radius 3 is 3.00 bits per heavy atom. The third-order valence-electron chi connectivity index (χ3n) is 3.85. The van der Waals surface area contributed by atoms with Crippen molar-refractivity contribution in [2.75, 3.05) is 29.9 Å². The van der Waals surface area contributed by atoms with Gasteiger partial charge in [0.1, 0.15) is 17.8 Å². The summed E-state index contributed by atoms with van der Waals surface area (Å²) in [6.07, 6.45) is 3.35. The monoisotopic (exact) mass is 328 g/mol. The zero-order valence-electron chi connectivity index (χ0n) is 13.9. The van der Waals surface area contributed by atoms with Crippen LogP contribution in [0.15, 0.2) is 24.5 Å². The van der Waals surface area contributed by atoms with Crippen LogP contribution >= 0.6 is 0 Å². The van der Waals surface area contributed by atoms with Crippen molar-refractivity contribution in [3.8, 4) is 11.8 Å². The summed E-state index contributed by atoms with van der Waals surface area (Å²) in [6.45, 7) is 3.71. The smallest absolute Gasteiger partial charge is 0.206 e. The second-order valence-corrected chi connectivity index (χ2v) is 6.11. The van der Waals surface area contributed by atoms with E-state index in [0.717, 1.165) is 18.2 Å². The van der Waals surface area contributed by atoms with Gasteiger partial charge in [0.05, 0.1) is 13.1 Å². The van der Waals surface area contributed by atoms with Crippen LogP contribution in [-0.4, -0.2) is 45.6 Å². The minimum absolute atomic E-state index is 0.320. The van der Waals surface area contributed by atoms with E-state index < -0.39 is 6.17 Å². The number of alkyl halides is 1. The van der Waals surface area contributed by atoms with Crippen molar-refractivity contribution in [3.63, 3.8) is 0 Å². The van der Waals surface area contributed by atoms with Crippen molar-refractivity contribution >= 4 is 11.6 Å². The van der Waals surface area contributed by atoms with Crippen LogP contribution < -0.4 is 10.2 Å². The summed E-state index contributed by atoms with van der Waals surface area (Å²) < 4.78 is 15.5. The van der Waals surface area contributed by atoms with Crippen LogP contribution in [0.4, 0.5) is 16.0 Å². The lowest BCUT2D eigenvalue weighted by molar-refractivity contribution is 0.245. The first-order chi connectivity index (χ1) is 11.6. The molecule has 0 aromatic carbocycles. The van der Waals surface area contributed by atoms with Gasteiger partial charge in [-0.1, -0.05) is 12.8 Å². The Bertz CT molecular complexity index is 737. The molecule has 3 heterocycles. The van der Waals surface area contributed by atoms with Crippen LogP contribution in [0.2, 0.25) is 0 Å². The second kappa shape index (κ2) is 7.30. The molecule has 2 aromatic rings. The third-order valence-corrected chi connectivity index (χ3v) is 3.85. The van der Waals surface area contributed by atoms with E-state index in [9.17, 15) is 4.39 Å². The third kappa shape index (κ3) is 4.22. The van der Waals surface area contributed by atoms with Gasteiger partial charge in [-0.3, -0.25) is 4.68 Å². The molecule has 1 saturated heterocycles. The van der Waals surface area contributed by atoms with Gasteiger partial charge in [-0.05, 0) is 24.3 Å². The molecule has 2 aromatic heterocycles. The van der Waals surface area contributed by atoms with Crippen LogP contribution in [0.1, 0.15) is 19.2 Å². The van der Waals surface area contributed by atoms with Crippen LogP contribution in [0.3, 0.4) is 0 Å². The summed E-state index contributed by atoms with van der Waals surface area (Å²) in [5, 5.41) is 7.31. The second-order valence-electron chi connectivity index (χ2n) is 6.11. The Kier molecular flexibility index (Phi) is 4.94. The predicted octanol–water partition coefficient (Wildman–Crippen LogP) is 1.86. The van der Waals surface area contributed by atoms with E-state index in [1.165, 1.54) is 0 Å². The Morgan fingerprint density at radius 2 is 2.25 bits per heavy atom. The molecule has 0 spiro atoms. The molecule has 0 radical (unpaired) electrons. The molecule has 1 aliphatic rings. The first-order valence-corrected chi connectivity index (χ1v) is 8.04. The first-order valence-electron chi connectivity index (χ1n) is 8.04. The molecule has 24 heavy (non-hydrogen) atoms. The van der Waals surface area contributed by atoms with Crippen LogP contribution in [-0.2, 0) is 7.05 Å². The quantitative estimate of drug-likeness (QED) is 0.872. The number of nitrogens with zero attached hydrogens (tertiary/aromatic N) is 5. The Morgan fingerprint density at radius 1 is 1.38 bits per heavy atom. The van der Waals surface area contributed by atoms with Crippen molar-refractivity contribution in [1.29, 1.82) is 0 Å². The molecular formula is C17H21FN6. The summed E-state index contributed by atoms with van der Waals surface area (Å²) in [5.41, 5.74) is 0. The zero-order chi connectivity index (χ0) is 16.9. The minimum Gasteiger partial charge on any atom is -0.358 e. The van der Waals surface area contributed by atoms with Crippen LogP contribution in [0, 0.1) is 17.8 Å². The lowest BCUT2D eigenvalue weighted by Gasteiger charge is -2.33. The molecule has 7 heteroatoms. The van der Waals surface area contributed by atoms with Crippen molar-refractivity contribution in [1.82, 2.24) is 19.7 Å². The standard InChI is InChI=1S/C17H21FN6/c1-13-10-14(18)12-24(11-13)17-5-8-20-15(21-17)4-3-7-19-16-6-9-23(2)22-16/h5-6,8-9,13-14H,7,10-12H2,1-2H3,(H,19,22)/t13-,14+/m0/s1. The number of hydrogen-bond acceptors (Lipinski definition) is 5. The number of anilines is 2. The van der Waals surface area contributed by atoms with Crippen molar-refractivity contribution < 1.29 is 4.39 Å². The first kappa shape index (κ1) is 16.2. The summed E-state index contributed by atoms with van der Waals surface area (Å²) >= 11 is 0. The predicted molar refractivity (Wildman–Crippen MR) is 91.5 cm³/mol. The molecule has 2 atom stereocenters. The minimum atomic E-state index is -0.805. The molecule has 0 saturated carbocycles. The molecular weight excluding hydrogens is 307 g/mol. The van der Waals surface area contributed by atoms with Gasteiger partial charge < -0.3 is 10.2 Å². The molecule has 0 aliphatic carbocycles. The largest absolute Gasteiger partial charge is 0.358 e. The van der Waals surface area contributed by atoms with Crippen molar-refractivity contribution in [2.45, 2.75) is 19.5 Å². The van der Waals surface area contributed by atoms with Gasteiger partial charge in [0, 0.05) is 32.1 Å². The maximum atomic E-state index is 13.8. The highest BCUT2D eigenvalue weighted by atomic mass is 19.1. The van der Waals surface area contributed by atoms with E-state index >= 15 is 0 Å². The van der Waals surface area contributed by atoms with E-state index in [1.807, 2.05) is 30.3 Å². The molecule has 1 N–H and O–H groups in total. The SMILES string of the molecule is C[C@H]1C[C@@H](F)CN(c2ccnc(C#CCNc3ccn(C)n3)n2)C1. The normalized spacial score (nSPS) is 20.4. The highest BCUT2D eigenvalue weighted by Crippen LogP contribution is 2.22. The number of halogens is 1. The van der Waals surface area contributed by atoms with Gasteiger partial charge in [0.15, 0.2) is 0 Å². The maximum absolute atomic E-state index is 13.8. The van der Waals surface area contributed by atoms with Gasteiger partial charge in [-0.25, -0.2) is 14.4 Å². The van der Waals surface area contributed by atoms with Crippen LogP contribution in [0.25, 0.3) is 0 Å². The number of rotatable bonds is 3. The Balaban J connectivity index is 1.62. The van der Waals surface area contributed by atoms with Gasteiger partial charge in [0.2, 0.25) is 5.82 Å². The van der Waals surface area contributed by atoms with E-state index in [-0.39, 0.29) is 0 Å². The lowest BCUT2D eigenvalue weighted by atomic mass is 9.99. The summed E-state index contributed by atoms with van der Waals surface area (Å²) in [7, 11) is 1.86. The lowest BCUT2D eigenvalue weighted by Crippen LogP contribution is -2.41. The molecule has 0 amide bonds.